The second-order valence-electron chi connectivity index (χ2n) is 6.10. The molecule has 146 valence electrons. The average molecular weight is 408 g/mol. The van der Waals surface area contributed by atoms with Gasteiger partial charge in [-0.25, -0.2) is 9.78 Å². The fourth-order valence-electron chi connectivity index (χ4n) is 2.70. The number of alkyl halides is 3. The minimum Gasteiger partial charge on any atom is -0.465 e. The van der Waals surface area contributed by atoms with E-state index in [2.05, 4.69) is 10.3 Å². The first-order valence-electron chi connectivity index (χ1n) is 8.09. The first kappa shape index (κ1) is 19.8. The molecular weight excluding hydrogens is 393 g/mol. The van der Waals surface area contributed by atoms with Gasteiger partial charge in [0.2, 0.25) is 0 Å². The number of esters is 1. The SMILES string of the molecule is COC(=O)c1cc(C)ccc1NC(=O)c1sc2nc(C(F)(F)F)ccc2c1C. The third kappa shape index (κ3) is 3.70. The fraction of sp³-hybridized carbons (Fsp3) is 0.211. The molecule has 1 amide bonds. The van der Waals surface area contributed by atoms with Crippen LogP contribution in [0.25, 0.3) is 10.2 Å². The Labute approximate surface area is 162 Å². The predicted molar refractivity (Wildman–Crippen MR) is 99.8 cm³/mol. The van der Waals surface area contributed by atoms with Gasteiger partial charge in [-0.3, -0.25) is 4.79 Å². The van der Waals surface area contributed by atoms with Crippen molar-refractivity contribution in [3.8, 4) is 0 Å². The Kier molecular flexibility index (Phi) is 5.12. The zero-order valence-corrected chi connectivity index (χ0v) is 15.9. The molecule has 0 aliphatic carbocycles. The number of carbonyl (C=O) groups excluding carboxylic acids is 2. The first-order chi connectivity index (χ1) is 13.1. The molecular formula is C19H15F3N2O3S. The van der Waals surface area contributed by atoms with E-state index in [9.17, 15) is 22.8 Å². The highest BCUT2D eigenvalue weighted by Gasteiger charge is 2.33. The summed E-state index contributed by atoms with van der Waals surface area (Å²) in [6.07, 6.45) is -4.56. The Balaban J connectivity index is 1.99. The van der Waals surface area contributed by atoms with Crippen molar-refractivity contribution >= 4 is 39.1 Å². The number of anilines is 1. The first-order valence-corrected chi connectivity index (χ1v) is 8.91. The van der Waals surface area contributed by atoms with Crippen molar-refractivity contribution in [3.63, 3.8) is 0 Å². The summed E-state index contributed by atoms with van der Waals surface area (Å²) in [4.78, 5) is 28.7. The molecule has 9 heteroatoms. The minimum atomic E-state index is -4.56. The highest BCUT2D eigenvalue weighted by molar-refractivity contribution is 7.20. The van der Waals surface area contributed by atoms with Crippen LogP contribution in [0.5, 0.6) is 0 Å². The summed E-state index contributed by atoms with van der Waals surface area (Å²) in [6.45, 7) is 3.43. The van der Waals surface area contributed by atoms with Crippen LogP contribution in [0.1, 0.15) is 36.9 Å². The van der Waals surface area contributed by atoms with Crippen molar-refractivity contribution in [1.29, 1.82) is 0 Å². The van der Waals surface area contributed by atoms with E-state index in [0.717, 1.165) is 23.0 Å². The Bertz CT molecular complexity index is 1090. The number of benzene rings is 1. The number of hydrogen-bond acceptors (Lipinski definition) is 5. The number of pyridine rings is 1. The zero-order chi connectivity index (χ0) is 20.6. The Morgan fingerprint density at radius 2 is 1.86 bits per heavy atom. The van der Waals surface area contributed by atoms with Crippen molar-refractivity contribution < 1.29 is 27.5 Å². The summed E-state index contributed by atoms with van der Waals surface area (Å²) in [7, 11) is 1.23. The van der Waals surface area contributed by atoms with Crippen LogP contribution < -0.4 is 5.32 Å². The standard InChI is InChI=1S/C19H15F3N2O3S/c1-9-4-6-13(12(8-9)18(26)27-3)23-16(25)15-10(2)11-5-7-14(19(20,21)22)24-17(11)28-15/h4-8H,1-3H3,(H,23,25). The van der Waals surface area contributed by atoms with Crippen LogP contribution in [0.3, 0.4) is 0 Å². The number of hydrogen-bond donors (Lipinski definition) is 1. The van der Waals surface area contributed by atoms with E-state index in [1.807, 2.05) is 0 Å². The second kappa shape index (κ2) is 7.23. The predicted octanol–water partition coefficient (Wildman–Crippen LogP) is 4.97. The number of rotatable bonds is 3. The van der Waals surface area contributed by atoms with E-state index in [1.165, 1.54) is 13.2 Å². The number of methoxy groups -OCH3 is 1. The largest absolute Gasteiger partial charge is 0.465 e. The van der Waals surface area contributed by atoms with Crippen LogP contribution in [0.2, 0.25) is 0 Å². The lowest BCUT2D eigenvalue weighted by Gasteiger charge is -2.10. The Morgan fingerprint density at radius 3 is 2.50 bits per heavy atom. The summed E-state index contributed by atoms with van der Waals surface area (Å²) in [6, 6.07) is 7.06. The minimum absolute atomic E-state index is 0.120. The summed E-state index contributed by atoms with van der Waals surface area (Å²) in [5.41, 5.74) is 0.751. The monoisotopic (exact) mass is 408 g/mol. The number of halogens is 3. The molecule has 0 atom stereocenters. The van der Waals surface area contributed by atoms with E-state index >= 15 is 0 Å². The molecule has 0 aliphatic rings. The zero-order valence-electron chi connectivity index (χ0n) is 15.1. The van der Waals surface area contributed by atoms with E-state index in [1.54, 1.807) is 32.0 Å². The number of nitrogens with one attached hydrogen (secondary N) is 1. The van der Waals surface area contributed by atoms with Gasteiger partial charge < -0.3 is 10.1 Å². The maximum atomic E-state index is 12.9. The molecule has 3 aromatic rings. The van der Waals surface area contributed by atoms with E-state index in [4.69, 9.17) is 4.74 Å². The van der Waals surface area contributed by atoms with Crippen LogP contribution >= 0.6 is 11.3 Å². The summed E-state index contributed by atoms with van der Waals surface area (Å²) in [5.74, 6) is -1.15. The molecule has 0 aliphatic heterocycles. The lowest BCUT2D eigenvalue weighted by atomic mass is 10.1. The number of ether oxygens (including phenoxy) is 1. The Hall–Kier alpha value is -2.94. The molecule has 1 aromatic carbocycles. The number of aromatic nitrogens is 1. The molecule has 3 rings (SSSR count). The molecule has 0 unspecified atom stereocenters. The number of carbonyl (C=O) groups is 2. The topological polar surface area (TPSA) is 68.3 Å². The average Bonchev–Trinajstić information content (AvgIpc) is 2.98. The molecule has 0 fully saturated rings. The highest BCUT2D eigenvalue weighted by atomic mass is 32.1. The number of amides is 1. The molecule has 1 N–H and O–H groups in total. The van der Waals surface area contributed by atoms with Crippen molar-refractivity contribution in [2.24, 2.45) is 0 Å². The number of aryl methyl sites for hydroxylation is 2. The number of fused-ring (bicyclic) bond motifs is 1. The van der Waals surface area contributed by atoms with Crippen LogP contribution in [0.4, 0.5) is 18.9 Å². The Morgan fingerprint density at radius 1 is 1.14 bits per heavy atom. The fourth-order valence-corrected chi connectivity index (χ4v) is 3.77. The third-order valence-electron chi connectivity index (χ3n) is 4.13. The third-order valence-corrected chi connectivity index (χ3v) is 5.33. The van der Waals surface area contributed by atoms with Gasteiger partial charge in [0.1, 0.15) is 10.5 Å². The van der Waals surface area contributed by atoms with E-state index in [-0.39, 0.29) is 21.0 Å². The quantitative estimate of drug-likeness (QED) is 0.622. The molecule has 28 heavy (non-hydrogen) atoms. The molecule has 5 nitrogen and oxygen atoms in total. The summed E-state index contributed by atoms with van der Waals surface area (Å²) >= 11 is 0.865. The van der Waals surface area contributed by atoms with Gasteiger partial charge in [-0.05, 0) is 43.7 Å². The highest BCUT2D eigenvalue weighted by Crippen LogP contribution is 2.34. The smallest absolute Gasteiger partial charge is 0.433 e. The van der Waals surface area contributed by atoms with Gasteiger partial charge in [-0.1, -0.05) is 11.6 Å². The maximum Gasteiger partial charge on any atom is 0.433 e. The van der Waals surface area contributed by atoms with Gasteiger partial charge in [0.15, 0.2) is 0 Å². The molecule has 2 aromatic heterocycles. The number of thiophene rings is 1. The lowest BCUT2D eigenvalue weighted by Crippen LogP contribution is -2.15. The van der Waals surface area contributed by atoms with Crippen molar-refractivity contribution in [3.05, 3.63) is 57.6 Å². The normalized spacial score (nSPS) is 11.5. The van der Waals surface area contributed by atoms with Gasteiger partial charge >= 0.3 is 12.1 Å². The van der Waals surface area contributed by atoms with Crippen LogP contribution in [0, 0.1) is 13.8 Å². The van der Waals surface area contributed by atoms with E-state index in [0.29, 0.717) is 10.9 Å². The molecule has 0 saturated heterocycles. The van der Waals surface area contributed by atoms with Crippen molar-refractivity contribution in [2.75, 3.05) is 12.4 Å². The van der Waals surface area contributed by atoms with Gasteiger partial charge in [0.25, 0.3) is 5.91 Å². The van der Waals surface area contributed by atoms with Crippen LogP contribution in [0.15, 0.2) is 30.3 Å². The van der Waals surface area contributed by atoms with Crippen molar-refractivity contribution in [2.45, 2.75) is 20.0 Å². The van der Waals surface area contributed by atoms with Crippen LogP contribution in [-0.4, -0.2) is 24.0 Å². The molecule has 0 radical (unpaired) electrons. The van der Waals surface area contributed by atoms with Crippen molar-refractivity contribution in [1.82, 2.24) is 4.98 Å². The maximum absolute atomic E-state index is 12.9. The second-order valence-corrected chi connectivity index (χ2v) is 7.10. The summed E-state index contributed by atoms with van der Waals surface area (Å²) < 4.78 is 43.4. The van der Waals surface area contributed by atoms with Gasteiger partial charge in [0, 0.05) is 5.39 Å². The van der Waals surface area contributed by atoms with Gasteiger partial charge in [-0.2, -0.15) is 13.2 Å². The van der Waals surface area contributed by atoms with Gasteiger partial charge in [-0.15, -0.1) is 11.3 Å². The van der Waals surface area contributed by atoms with E-state index < -0.39 is 23.7 Å². The molecule has 2 heterocycles. The number of nitrogens with zero attached hydrogens (tertiary/aromatic N) is 1. The molecule has 0 saturated carbocycles. The lowest BCUT2D eigenvalue weighted by molar-refractivity contribution is -0.140. The van der Waals surface area contributed by atoms with Crippen LogP contribution in [-0.2, 0) is 10.9 Å². The summed E-state index contributed by atoms with van der Waals surface area (Å²) in [5, 5.41) is 3.11. The molecule has 0 bridgehead atoms. The molecule has 0 spiro atoms. The van der Waals surface area contributed by atoms with Gasteiger partial charge in [0.05, 0.1) is 23.2 Å².